The number of aromatic nitrogens is 2. The van der Waals surface area contributed by atoms with Crippen molar-refractivity contribution in [3.05, 3.63) is 11.7 Å². The van der Waals surface area contributed by atoms with Gasteiger partial charge in [0.05, 0.1) is 0 Å². The van der Waals surface area contributed by atoms with Crippen molar-refractivity contribution in [3.63, 3.8) is 0 Å². The van der Waals surface area contributed by atoms with Crippen LogP contribution in [0.15, 0.2) is 9.52 Å². The summed E-state index contributed by atoms with van der Waals surface area (Å²) >= 11 is 1.94. The lowest BCUT2D eigenvalue weighted by atomic mass is 10.5. The van der Waals surface area contributed by atoms with E-state index in [2.05, 4.69) is 20.0 Å². The monoisotopic (exact) mass is 369 g/mol. The molecule has 0 bridgehead atoms. The van der Waals surface area contributed by atoms with Crippen LogP contribution in [0.4, 0.5) is 0 Å². The SMILES string of the molecule is Cc1noc(CN=C(N)N2CCSCC2)n1.I. The van der Waals surface area contributed by atoms with Gasteiger partial charge >= 0.3 is 0 Å². The highest BCUT2D eigenvalue weighted by Crippen LogP contribution is 2.08. The Labute approximate surface area is 121 Å². The third kappa shape index (κ3) is 4.34. The molecule has 0 aliphatic carbocycles. The number of guanidine groups is 1. The van der Waals surface area contributed by atoms with Crippen molar-refractivity contribution in [2.45, 2.75) is 13.5 Å². The zero-order valence-electron chi connectivity index (χ0n) is 9.63. The Balaban J connectivity index is 0.00000144. The van der Waals surface area contributed by atoms with E-state index in [0.717, 1.165) is 24.6 Å². The molecule has 96 valence electrons. The fourth-order valence-corrected chi connectivity index (χ4v) is 2.35. The molecule has 1 aromatic rings. The van der Waals surface area contributed by atoms with E-state index < -0.39 is 0 Å². The van der Waals surface area contributed by atoms with Crippen LogP contribution in [0.25, 0.3) is 0 Å². The van der Waals surface area contributed by atoms with Crippen LogP contribution in [-0.2, 0) is 6.54 Å². The van der Waals surface area contributed by atoms with E-state index in [0.29, 0.717) is 24.2 Å². The summed E-state index contributed by atoms with van der Waals surface area (Å²) in [6.45, 7) is 4.06. The first kappa shape index (κ1) is 14.6. The normalized spacial score (nSPS) is 16.8. The Hall–Kier alpha value is -0.510. The number of aryl methyl sites for hydroxylation is 1. The van der Waals surface area contributed by atoms with Gasteiger partial charge in [-0.3, -0.25) is 0 Å². The molecule has 2 rings (SSSR count). The van der Waals surface area contributed by atoms with Gasteiger partial charge in [-0.2, -0.15) is 16.7 Å². The molecule has 6 nitrogen and oxygen atoms in total. The molecule has 1 saturated heterocycles. The standard InChI is InChI=1S/C9H15N5OS.HI/c1-7-12-8(15-13-7)6-11-9(10)14-2-4-16-5-3-14;/h2-6H2,1H3,(H2,10,11);1H. The van der Waals surface area contributed by atoms with Crippen LogP contribution in [-0.4, -0.2) is 45.6 Å². The fourth-order valence-electron chi connectivity index (χ4n) is 1.45. The summed E-state index contributed by atoms with van der Waals surface area (Å²) in [5, 5.41) is 3.69. The van der Waals surface area contributed by atoms with Crippen molar-refractivity contribution < 1.29 is 4.52 Å². The van der Waals surface area contributed by atoms with Gasteiger partial charge in [-0.15, -0.1) is 24.0 Å². The first-order chi connectivity index (χ1) is 7.75. The molecule has 1 aromatic heterocycles. The summed E-state index contributed by atoms with van der Waals surface area (Å²) in [6, 6.07) is 0. The number of hydrogen-bond acceptors (Lipinski definition) is 5. The molecule has 17 heavy (non-hydrogen) atoms. The van der Waals surface area contributed by atoms with E-state index in [9.17, 15) is 0 Å². The molecule has 0 spiro atoms. The van der Waals surface area contributed by atoms with Crippen molar-refractivity contribution in [2.24, 2.45) is 10.7 Å². The molecule has 1 fully saturated rings. The summed E-state index contributed by atoms with van der Waals surface area (Å²) in [5.41, 5.74) is 5.88. The molecule has 2 N–H and O–H groups in total. The van der Waals surface area contributed by atoms with Crippen LogP contribution in [0, 0.1) is 6.92 Å². The van der Waals surface area contributed by atoms with Crippen LogP contribution in [0.5, 0.6) is 0 Å². The van der Waals surface area contributed by atoms with Gasteiger partial charge in [0.1, 0.15) is 6.54 Å². The summed E-state index contributed by atoms with van der Waals surface area (Å²) < 4.78 is 4.96. The lowest BCUT2D eigenvalue weighted by molar-refractivity contribution is 0.375. The third-order valence-corrected chi connectivity index (χ3v) is 3.22. The van der Waals surface area contributed by atoms with Gasteiger partial charge in [-0.25, -0.2) is 4.99 Å². The molecule has 0 saturated carbocycles. The minimum atomic E-state index is 0. The molecule has 1 aliphatic heterocycles. The number of nitrogens with two attached hydrogens (primary N) is 1. The Morgan fingerprint density at radius 2 is 2.24 bits per heavy atom. The molecule has 0 aromatic carbocycles. The van der Waals surface area contributed by atoms with Gasteiger partial charge in [0.25, 0.3) is 0 Å². The van der Waals surface area contributed by atoms with E-state index in [-0.39, 0.29) is 24.0 Å². The molecule has 0 atom stereocenters. The molecule has 2 heterocycles. The molecular weight excluding hydrogens is 353 g/mol. The molecular formula is C9H16IN5OS. The third-order valence-electron chi connectivity index (χ3n) is 2.28. The van der Waals surface area contributed by atoms with Crippen molar-refractivity contribution in [3.8, 4) is 0 Å². The molecule has 0 radical (unpaired) electrons. The Morgan fingerprint density at radius 1 is 1.53 bits per heavy atom. The quantitative estimate of drug-likeness (QED) is 0.473. The second kappa shape index (κ2) is 7.04. The Kier molecular flexibility index (Phi) is 6.03. The second-order valence-corrected chi connectivity index (χ2v) is 4.73. The average molecular weight is 369 g/mol. The summed E-state index contributed by atoms with van der Waals surface area (Å²) in [5.74, 6) is 3.91. The van der Waals surface area contributed by atoms with Gasteiger partial charge in [0.2, 0.25) is 5.89 Å². The van der Waals surface area contributed by atoms with Crippen LogP contribution < -0.4 is 5.73 Å². The van der Waals surface area contributed by atoms with Gasteiger partial charge in [-0.1, -0.05) is 5.16 Å². The van der Waals surface area contributed by atoms with E-state index in [1.807, 2.05) is 11.8 Å². The van der Waals surface area contributed by atoms with Crippen molar-refractivity contribution in [1.29, 1.82) is 0 Å². The zero-order chi connectivity index (χ0) is 11.4. The predicted octanol–water partition coefficient (Wildman–Crippen LogP) is 0.860. The Morgan fingerprint density at radius 3 is 2.82 bits per heavy atom. The van der Waals surface area contributed by atoms with Gasteiger partial charge in [0, 0.05) is 24.6 Å². The highest BCUT2D eigenvalue weighted by molar-refractivity contribution is 14.0. The van der Waals surface area contributed by atoms with E-state index in [4.69, 9.17) is 10.3 Å². The van der Waals surface area contributed by atoms with E-state index in [1.165, 1.54) is 0 Å². The molecule has 0 amide bonds. The van der Waals surface area contributed by atoms with Gasteiger partial charge in [-0.05, 0) is 6.92 Å². The number of halogens is 1. The maximum atomic E-state index is 5.88. The van der Waals surface area contributed by atoms with Crippen LogP contribution in [0.1, 0.15) is 11.7 Å². The largest absolute Gasteiger partial charge is 0.370 e. The van der Waals surface area contributed by atoms with Crippen molar-refractivity contribution in [2.75, 3.05) is 24.6 Å². The first-order valence-electron chi connectivity index (χ1n) is 5.17. The first-order valence-corrected chi connectivity index (χ1v) is 6.33. The Bertz CT molecular complexity index is 377. The predicted molar refractivity (Wildman–Crippen MR) is 78.7 cm³/mol. The highest BCUT2D eigenvalue weighted by Gasteiger charge is 2.12. The topological polar surface area (TPSA) is 80.5 Å². The number of rotatable bonds is 2. The number of aliphatic imine (C=N–C) groups is 1. The smallest absolute Gasteiger partial charge is 0.248 e. The minimum Gasteiger partial charge on any atom is -0.370 e. The maximum Gasteiger partial charge on any atom is 0.248 e. The van der Waals surface area contributed by atoms with Crippen LogP contribution in [0.2, 0.25) is 0 Å². The average Bonchev–Trinajstić information content (AvgIpc) is 2.73. The van der Waals surface area contributed by atoms with Crippen LogP contribution >= 0.6 is 35.7 Å². The fraction of sp³-hybridized carbons (Fsp3) is 0.667. The molecule has 8 heteroatoms. The van der Waals surface area contributed by atoms with Gasteiger partial charge in [0.15, 0.2) is 11.8 Å². The number of nitrogens with zero attached hydrogens (tertiary/aromatic N) is 4. The maximum absolute atomic E-state index is 5.88. The van der Waals surface area contributed by atoms with Gasteiger partial charge < -0.3 is 15.2 Å². The van der Waals surface area contributed by atoms with E-state index >= 15 is 0 Å². The number of thioether (sulfide) groups is 1. The van der Waals surface area contributed by atoms with Crippen molar-refractivity contribution in [1.82, 2.24) is 15.0 Å². The van der Waals surface area contributed by atoms with E-state index in [1.54, 1.807) is 6.92 Å². The molecule has 0 unspecified atom stereocenters. The lowest BCUT2D eigenvalue weighted by Gasteiger charge is -2.26. The summed E-state index contributed by atoms with van der Waals surface area (Å²) in [6.07, 6.45) is 0. The summed E-state index contributed by atoms with van der Waals surface area (Å²) in [4.78, 5) is 10.4. The zero-order valence-corrected chi connectivity index (χ0v) is 12.8. The van der Waals surface area contributed by atoms with Crippen molar-refractivity contribution >= 4 is 41.7 Å². The molecule has 1 aliphatic rings. The number of hydrogen-bond donors (Lipinski definition) is 1. The minimum absolute atomic E-state index is 0. The lowest BCUT2D eigenvalue weighted by Crippen LogP contribution is -2.42. The van der Waals surface area contributed by atoms with Crippen LogP contribution in [0.3, 0.4) is 0 Å². The summed E-state index contributed by atoms with van der Waals surface area (Å²) in [7, 11) is 0. The second-order valence-electron chi connectivity index (χ2n) is 3.51. The highest BCUT2D eigenvalue weighted by atomic mass is 127.